The van der Waals surface area contributed by atoms with Gasteiger partial charge < -0.3 is 10.2 Å². The molecule has 1 aromatic heterocycles. The van der Waals surface area contributed by atoms with Crippen molar-refractivity contribution in [3.05, 3.63) is 54.1 Å². The highest BCUT2D eigenvalue weighted by molar-refractivity contribution is 7.97. The van der Waals surface area contributed by atoms with E-state index < -0.39 is 11.6 Å². The zero-order chi connectivity index (χ0) is 22.9. The van der Waals surface area contributed by atoms with Gasteiger partial charge >= 0.3 is 0 Å². The fourth-order valence-corrected chi connectivity index (χ4v) is 4.33. The topological polar surface area (TPSA) is 53.1 Å². The number of benzene rings is 2. The number of halogens is 2. The Morgan fingerprint density at radius 2 is 1.78 bits per heavy atom. The van der Waals surface area contributed by atoms with Gasteiger partial charge in [0.25, 0.3) is 0 Å². The molecule has 0 spiro atoms. The molecule has 3 aromatic rings. The highest BCUT2D eigenvalue weighted by atomic mass is 32.2. The van der Waals surface area contributed by atoms with Crippen molar-refractivity contribution in [2.24, 2.45) is 5.92 Å². The summed E-state index contributed by atoms with van der Waals surface area (Å²) < 4.78 is 27.9. The highest BCUT2D eigenvalue weighted by Gasteiger charge is 2.14. The van der Waals surface area contributed by atoms with Gasteiger partial charge in [-0.3, -0.25) is 4.72 Å². The number of hydrogen-bond donors (Lipinski definition) is 2. The monoisotopic (exact) mass is 459 g/mol. The van der Waals surface area contributed by atoms with Crippen LogP contribution in [0.5, 0.6) is 0 Å². The number of rotatable bonds is 6. The summed E-state index contributed by atoms with van der Waals surface area (Å²) in [5, 5.41) is 4.56. The maximum absolute atomic E-state index is 12.7. The van der Waals surface area contributed by atoms with Crippen LogP contribution in [-0.4, -0.2) is 37.7 Å². The van der Waals surface area contributed by atoms with Crippen LogP contribution in [0.3, 0.4) is 0 Å². The molecule has 0 radical (unpaired) electrons. The van der Waals surface area contributed by atoms with Gasteiger partial charge in [-0.15, -0.1) is 0 Å². The summed E-state index contributed by atoms with van der Waals surface area (Å²) in [7, 11) is 5.70. The molecule has 1 aliphatic rings. The Balaban J connectivity index is 0.000000222. The van der Waals surface area contributed by atoms with E-state index >= 15 is 0 Å². The van der Waals surface area contributed by atoms with Crippen molar-refractivity contribution in [3.63, 3.8) is 0 Å². The molecule has 4 rings (SSSR count). The summed E-state index contributed by atoms with van der Waals surface area (Å²) in [5.41, 5.74) is 1.00. The number of aromatic nitrogens is 2. The Bertz CT molecular complexity index is 1010. The molecule has 1 aliphatic carbocycles. The number of para-hydroxylation sites is 1. The first-order valence-corrected chi connectivity index (χ1v) is 11.8. The van der Waals surface area contributed by atoms with Crippen LogP contribution >= 0.6 is 11.9 Å². The van der Waals surface area contributed by atoms with Gasteiger partial charge in [-0.1, -0.05) is 31.4 Å². The van der Waals surface area contributed by atoms with Crippen LogP contribution in [0.1, 0.15) is 32.1 Å². The predicted octanol–water partition coefficient (Wildman–Crippen LogP) is 5.88. The molecule has 32 heavy (non-hydrogen) atoms. The average molecular weight is 460 g/mol. The van der Waals surface area contributed by atoms with Gasteiger partial charge in [-0.25, -0.2) is 13.8 Å². The summed E-state index contributed by atoms with van der Waals surface area (Å²) in [6.07, 6.45) is 6.80. The molecule has 1 heterocycles. The first-order chi connectivity index (χ1) is 15.5. The second-order valence-corrected chi connectivity index (χ2v) is 9.10. The molecule has 1 saturated carbocycles. The van der Waals surface area contributed by atoms with E-state index in [0.717, 1.165) is 65.3 Å². The van der Waals surface area contributed by atoms with E-state index in [2.05, 4.69) is 37.0 Å². The van der Waals surface area contributed by atoms with Crippen LogP contribution in [0.25, 0.3) is 10.9 Å². The van der Waals surface area contributed by atoms with E-state index in [1.54, 1.807) is 7.05 Å². The Labute approximate surface area is 193 Å². The highest BCUT2D eigenvalue weighted by Crippen LogP contribution is 2.26. The first kappa shape index (κ1) is 24.2. The smallest absolute Gasteiger partial charge is 0.225 e. The number of nitrogens with zero attached hydrogens (tertiary/aromatic N) is 3. The van der Waals surface area contributed by atoms with Gasteiger partial charge in [0.2, 0.25) is 5.95 Å². The minimum atomic E-state index is -0.427. The van der Waals surface area contributed by atoms with Crippen LogP contribution in [0.4, 0.5) is 20.5 Å². The minimum absolute atomic E-state index is 0.271. The van der Waals surface area contributed by atoms with E-state index in [-0.39, 0.29) is 4.90 Å². The molecule has 0 aliphatic heterocycles. The van der Waals surface area contributed by atoms with Gasteiger partial charge in [-0.05, 0) is 68.1 Å². The lowest BCUT2D eigenvalue weighted by molar-refractivity contribution is 0.373. The summed E-state index contributed by atoms with van der Waals surface area (Å²) in [6.45, 7) is 0.991. The maximum atomic E-state index is 12.7. The lowest BCUT2D eigenvalue weighted by atomic mass is 9.89. The quantitative estimate of drug-likeness (QED) is 0.449. The summed E-state index contributed by atoms with van der Waals surface area (Å²) >= 11 is 1.05. The molecule has 8 heteroatoms. The standard InChI is InChI=1S/C17H24N4.C7H7F2NS/c1-21(2)16-14-10-6-7-11-15(14)19-17(20-16)18-12-13-8-4-3-5-9-13;1-10-11-7-4-5(8)2-3-6(7)9/h6-7,10-11,13H,3-5,8-9,12H2,1-2H3,(H,18,19,20);2-4,10H,1H3. The minimum Gasteiger partial charge on any atom is -0.362 e. The average Bonchev–Trinajstić information content (AvgIpc) is 2.81. The van der Waals surface area contributed by atoms with Crippen molar-refractivity contribution in [3.8, 4) is 0 Å². The van der Waals surface area contributed by atoms with Gasteiger partial charge in [0.05, 0.1) is 10.4 Å². The molecule has 0 saturated heterocycles. The molecule has 0 bridgehead atoms. The van der Waals surface area contributed by atoms with Crippen molar-refractivity contribution in [1.29, 1.82) is 0 Å². The molecule has 0 unspecified atom stereocenters. The molecule has 1 fully saturated rings. The second kappa shape index (κ2) is 12.0. The third kappa shape index (κ3) is 6.77. The SMILES string of the molecule is CN(C)c1nc(NCC2CCCCC2)nc2ccccc12.CNSc1cc(F)ccc1F. The van der Waals surface area contributed by atoms with Crippen molar-refractivity contribution in [1.82, 2.24) is 14.7 Å². The van der Waals surface area contributed by atoms with Gasteiger partial charge in [0, 0.05) is 26.0 Å². The van der Waals surface area contributed by atoms with E-state index in [4.69, 9.17) is 0 Å². The van der Waals surface area contributed by atoms with E-state index in [0.29, 0.717) is 0 Å². The molecule has 5 nitrogen and oxygen atoms in total. The Kier molecular flexibility index (Phi) is 9.05. The van der Waals surface area contributed by atoms with Crippen LogP contribution in [0, 0.1) is 17.6 Å². The fourth-order valence-electron chi connectivity index (χ4n) is 3.77. The second-order valence-electron chi connectivity index (χ2n) is 8.05. The van der Waals surface area contributed by atoms with Crippen LogP contribution in [0.2, 0.25) is 0 Å². The molecule has 0 atom stereocenters. The van der Waals surface area contributed by atoms with Crippen molar-refractivity contribution < 1.29 is 8.78 Å². The van der Waals surface area contributed by atoms with Crippen LogP contribution in [0.15, 0.2) is 47.4 Å². The zero-order valence-corrected chi connectivity index (χ0v) is 19.7. The Morgan fingerprint density at radius 1 is 1.03 bits per heavy atom. The lowest BCUT2D eigenvalue weighted by Gasteiger charge is -2.22. The van der Waals surface area contributed by atoms with E-state index in [9.17, 15) is 8.78 Å². The Morgan fingerprint density at radius 3 is 2.50 bits per heavy atom. The lowest BCUT2D eigenvalue weighted by Crippen LogP contribution is -2.19. The van der Waals surface area contributed by atoms with Crippen LogP contribution in [-0.2, 0) is 0 Å². The van der Waals surface area contributed by atoms with Crippen molar-refractivity contribution >= 4 is 34.6 Å². The summed E-state index contributed by atoms with van der Waals surface area (Å²) in [6, 6.07) is 11.5. The summed E-state index contributed by atoms with van der Waals surface area (Å²) in [5.74, 6) is 1.67. The first-order valence-electron chi connectivity index (χ1n) is 10.9. The molecule has 172 valence electrons. The number of fused-ring (bicyclic) bond motifs is 1. The summed E-state index contributed by atoms with van der Waals surface area (Å²) in [4.78, 5) is 11.7. The van der Waals surface area contributed by atoms with Gasteiger partial charge in [0.1, 0.15) is 17.5 Å². The molecule has 0 amide bonds. The number of anilines is 2. The molecule has 2 aromatic carbocycles. The van der Waals surface area contributed by atoms with E-state index in [1.165, 1.54) is 32.1 Å². The fraction of sp³-hybridized carbons (Fsp3) is 0.417. The number of nitrogens with one attached hydrogen (secondary N) is 2. The van der Waals surface area contributed by atoms with Gasteiger partial charge in [-0.2, -0.15) is 4.98 Å². The van der Waals surface area contributed by atoms with E-state index in [1.807, 2.05) is 26.2 Å². The molecule has 2 N–H and O–H groups in total. The van der Waals surface area contributed by atoms with Crippen molar-refractivity contribution in [2.75, 3.05) is 37.9 Å². The maximum Gasteiger partial charge on any atom is 0.225 e. The van der Waals surface area contributed by atoms with Gasteiger partial charge in [0.15, 0.2) is 0 Å². The third-order valence-corrected chi connectivity index (χ3v) is 6.12. The van der Waals surface area contributed by atoms with Crippen molar-refractivity contribution in [2.45, 2.75) is 37.0 Å². The Hall–Kier alpha value is -2.45. The number of hydrogen-bond acceptors (Lipinski definition) is 6. The largest absolute Gasteiger partial charge is 0.362 e. The molecular weight excluding hydrogens is 428 g/mol. The van der Waals surface area contributed by atoms with Crippen LogP contribution < -0.4 is 14.9 Å². The predicted molar refractivity (Wildman–Crippen MR) is 130 cm³/mol. The normalized spacial score (nSPS) is 14.0. The third-order valence-electron chi connectivity index (χ3n) is 5.39. The zero-order valence-electron chi connectivity index (χ0n) is 18.9. The molecular formula is C24H31F2N5S.